The van der Waals surface area contributed by atoms with E-state index in [0.717, 1.165) is 22.5 Å². The number of aliphatic hydroxyl groups excluding tert-OH is 1. The first-order valence-electron chi connectivity index (χ1n) is 14.3. The molecular formula is C30H34FN5O4S. The summed E-state index contributed by atoms with van der Waals surface area (Å²) in [5, 5.41) is 14.5. The van der Waals surface area contributed by atoms with Gasteiger partial charge in [0.05, 0.1) is 30.3 Å². The smallest absolute Gasteiger partial charge is 0.244 e. The van der Waals surface area contributed by atoms with Crippen LogP contribution in [0.15, 0.2) is 59.3 Å². The number of piperidine rings is 1. The molecule has 7 rings (SSSR count). The van der Waals surface area contributed by atoms with E-state index < -0.39 is 15.4 Å². The number of hydrogen-bond donors (Lipinski definition) is 1. The summed E-state index contributed by atoms with van der Waals surface area (Å²) in [7, 11) is -3.79. The van der Waals surface area contributed by atoms with Crippen LogP contribution in [0.1, 0.15) is 36.9 Å². The van der Waals surface area contributed by atoms with E-state index in [4.69, 9.17) is 4.74 Å². The molecule has 2 aliphatic carbocycles. The number of anilines is 1. The molecule has 0 radical (unpaired) electrons. The van der Waals surface area contributed by atoms with Crippen molar-refractivity contribution >= 4 is 21.9 Å². The van der Waals surface area contributed by atoms with Crippen LogP contribution in [0.5, 0.6) is 0 Å². The molecule has 4 aliphatic rings. The average Bonchev–Trinajstić information content (AvgIpc) is 3.56. The summed E-state index contributed by atoms with van der Waals surface area (Å²) in [5.74, 6) is 0.976. The lowest BCUT2D eigenvalue weighted by Crippen LogP contribution is -2.51. The maximum atomic E-state index is 13.9. The Kier molecular flexibility index (Phi) is 6.72. The lowest BCUT2D eigenvalue weighted by molar-refractivity contribution is 0.0358. The average molecular weight is 580 g/mol. The van der Waals surface area contributed by atoms with Crippen LogP contribution in [0.25, 0.3) is 11.8 Å². The van der Waals surface area contributed by atoms with E-state index in [0.29, 0.717) is 70.4 Å². The molecule has 9 nitrogen and oxygen atoms in total. The molecule has 1 aromatic carbocycles. The number of nitrogens with zero attached hydrogens (tertiary/aromatic N) is 5. The number of benzene rings is 1. The molecule has 41 heavy (non-hydrogen) atoms. The minimum absolute atomic E-state index is 0.170. The van der Waals surface area contributed by atoms with Gasteiger partial charge in [0.25, 0.3) is 0 Å². The fourth-order valence-corrected chi connectivity index (χ4v) is 7.81. The molecular weight excluding hydrogens is 545 g/mol. The summed E-state index contributed by atoms with van der Waals surface area (Å²) in [6.45, 7) is 3.01. The zero-order valence-electron chi connectivity index (χ0n) is 22.8. The SMILES string of the molecule is O=S(=O)(c1ccc(N2CC[C@H](O)C2)nc1)N1CCC2=Cc3c(cnn3-c3ccc(F)cc3)C[C@]2(COCC2CC2)C1. The summed E-state index contributed by atoms with van der Waals surface area (Å²) >= 11 is 0. The summed E-state index contributed by atoms with van der Waals surface area (Å²) < 4.78 is 51.0. The molecule has 2 aliphatic heterocycles. The van der Waals surface area contributed by atoms with E-state index in [9.17, 15) is 17.9 Å². The van der Waals surface area contributed by atoms with Crippen LogP contribution in [0.3, 0.4) is 0 Å². The number of aliphatic hydroxyl groups is 1. The molecule has 1 N–H and O–H groups in total. The van der Waals surface area contributed by atoms with E-state index in [1.165, 1.54) is 31.2 Å². The van der Waals surface area contributed by atoms with E-state index in [1.54, 1.807) is 28.6 Å². The molecule has 3 fully saturated rings. The number of ether oxygens (including phenoxy) is 1. The van der Waals surface area contributed by atoms with Crippen molar-refractivity contribution in [3.63, 3.8) is 0 Å². The Morgan fingerprint density at radius 1 is 1.07 bits per heavy atom. The minimum Gasteiger partial charge on any atom is -0.391 e. The van der Waals surface area contributed by atoms with Crippen LogP contribution in [0, 0.1) is 17.2 Å². The Hall–Kier alpha value is -3.12. The fourth-order valence-electron chi connectivity index (χ4n) is 6.33. The van der Waals surface area contributed by atoms with Gasteiger partial charge in [-0.15, -0.1) is 0 Å². The maximum absolute atomic E-state index is 13.9. The molecule has 1 saturated carbocycles. The minimum atomic E-state index is -3.79. The molecule has 0 unspecified atom stereocenters. The van der Waals surface area contributed by atoms with Gasteiger partial charge in [-0.25, -0.2) is 22.5 Å². The second-order valence-corrected chi connectivity index (χ2v) is 13.8. The topological polar surface area (TPSA) is 101 Å². The van der Waals surface area contributed by atoms with E-state index >= 15 is 0 Å². The zero-order chi connectivity index (χ0) is 28.2. The van der Waals surface area contributed by atoms with E-state index in [1.807, 2.05) is 15.8 Å². The lowest BCUT2D eigenvalue weighted by atomic mass is 9.69. The van der Waals surface area contributed by atoms with Crippen molar-refractivity contribution in [1.29, 1.82) is 0 Å². The molecule has 216 valence electrons. The van der Waals surface area contributed by atoms with Crippen molar-refractivity contribution in [1.82, 2.24) is 19.1 Å². The van der Waals surface area contributed by atoms with Gasteiger partial charge in [-0.1, -0.05) is 5.57 Å². The van der Waals surface area contributed by atoms with Crippen LogP contribution >= 0.6 is 0 Å². The zero-order valence-corrected chi connectivity index (χ0v) is 23.6. The third kappa shape index (κ3) is 5.09. The molecule has 0 amide bonds. The van der Waals surface area contributed by atoms with Gasteiger partial charge in [0.2, 0.25) is 10.0 Å². The highest BCUT2D eigenvalue weighted by molar-refractivity contribution is 7.89. The molecule has 11 heteroatoms. The van der Waals surface area contributed by atoms with Crippen LogP contribution in [-0.4, -0.2) is 78.1 Å². The molecule has 0 bridgehead atoms. The van der Waals surface area contributed by atoms with E-state index in [2.05, 4.69) is 16.2 Å². The Morgan fingerprint density at radius 3 is 2.61 bits per heavy atom. The lowest BCUT2D eigenvalue weighted by Gasteiger charge is -2.45. The number of halogens is 1. The van der Waals surface area contributed by atoms with Gasteiger partial charge in [-0.2, -0.15) is 9.40 Å². The number of fused-ring (bicyclic) bond motifs is 2. The number of β-amino-alcohol motifs (C(OH)–C–C–N with tert-alkyl or cyclic N) is 1. The molecule has 4 heterocycles. The molecule has 3 aromatic rings. The number of rotatable bonds is 8. The summed E-state index contributed by atoms with van der Waals surface area (Å²) in [6.07, 6.45) is 9.27. The predicted octanol–water partition coefficient (Wildman–Crippen LogP) is 3.42. The van der Waals surface area contributed by atoms with Gasteiger partial charge < -0.3 is 14.7 Å². The summed E-state index contributed by atoms with van der Waals surface area (Å²) in [5.41, 5.74) is 3.42. The van der Waals surface area contributed by atoms with Crippen molar-refractivity contribution in [2.24, 2.45) is 11.3 Å². The van der Waals surface area contributed by atoms with Gasteiger partial charge in [0.15, 0.2) is 0 Å². The molecule has 2 saturated heterocycles. The van der Waals surface area contributed by atoms with Crippen molar-refractivity contribution in [3.05, 3.63) is 71.4 Å². The normalized spacial score (nSPS) is 24.7. The third-order valence-electron chi connectivity index (χ3n) is 8.86. The maximum Gasteiger partial charge on any atom is 0.244 e. The Morgan fingerprint density at radius 2 is 1.90 bits per heavy atom. The first-order chi connectivity index (χ1) is 19.8. The second kappa shape index (κ2) is 10.3. The number of aromatic nitrogens is 3. The fraction of sp³-hybridized carbons (Fsp3) is 0.467. The standard InChI is InChI=1S/C30H34FN5O4S/c31-24-3-5-25(6-4-24)36-28-13-23-9-12-35(19-30(23,14-22(28)15-33-36)20-40-18-21-1-2-21)41(38,39)27-7-8-29(32-16-27)34-11-10-26(37)17-34/h3-8,13,15-16,21,26,37H,1-2,9-12,14,17-20H2/t26-,30+/m0/s1. The van der Waals surface area contributed by atoms with Gasteiger partial charge in [-0.05, 0) is 86.1 Å². The van der Waals surface area contributed by atoms with Crippen molar-refractivity contribution < 1.29 is 22.7 Å². The Balaban J connectivity index is 1.17. The first-order valence-corrected chi connectivity index (χ1v) is 15.8. The number of pyridine rings is 1. The monoisotopic (exact) mass is 579 g/mol. The van der Waals surface area contributed by atoms with Gasteiger partial charge >= 0.3 is 0 Å². The molecule has 2 atom stereocenters. The third-order valence-corrected chi connectivity index (χ3v) is 10.7. The largest absolute Gasteiger partial charge is 0.391 e. The molecule has 2 aromatic heterocycles. The van der Waals surface area contributed by atoms with Crippen LogP contribution < -0.4 is 4.90 Å². The predicted molar refractivity (Wildman–Crippen MR) is 152 cm³/mol. The van der Waals surface area contributed by atoms with Gasteiger partial charge in [0.1, 0.15) is 16.5 Å². The number of hydrogen-bond acceptors (Lipinski definition) is 7. The quantitative estimate of drug-likeness (QED) is 0.437. The van der Waals surface area contributed by atoms with Gasteiger partial charge in [-0.3, -0.25) is 0 Å². The highest BCUT2D eigenvalue weighted by Gasteiger charge is 2.46. The van der Waals surface area contributed by atoms with Gasteiger partial charge in [0, 0.05) is 44.4 Å². The highest BCUT2D eigenvalue weighted by atomic mass is 32.2. The Bertz CT molecular complexity index is 1570. The molecule has 0 spiro atoms. The number of sulfonamides is 1. The second-order valence-electron chi connectivity index (χ2n) is 11.9. The van der Waals surface area contributed by atoms with Crippen molar-refractivity contribution in [2.75, 3.05) is 44.3 Å². The first kappa shape index (κ1) is 26.8. The summed E-state index contributed by atoms with van der Waals surface area (Å²) in [6, 6.07) is 9.62. The van der Waals surface area contributed by atoms with Crippen molar-refractivity contribution in [2.45, 2.75) is 43.1 Å². The summed E-state index contributed by atoms with van der Waals surface area (Å²) in [4.78, 5) is 6.57. The van der Waals surface area contributed by atoms with Crippen LogP contribution in [-0.2, 0) is 21.2 Å². The van der Waals surface area contributed by atoms with E-state index in [-0.39, 0.29) is 16.8 Å². The van der Waals surface area contributed by atoms with Crippen LogP contribution in [0.4, 0.5) is 10.2 Å². The van der Waals surface area contributed by atoms with Crippen LogP contribution in [0.2, 0.25) is 0 Å². The Labute approximate surface area is 239 Å². The highest BCUT2D eigenvalue weighted by Crippen LogP contribution is 2.46. The van der Waals surface area contributed by atoms with Crippen molar-refractivity contribution in [3.8, 4) is 5.69 Å².